The van der Waals surface area contributed by atoms with Crippen LogP contribution in [0.3, 0.4) is 0 Å². The molecule has 0 saturated heterocycles. The lowest BCUT2D eigenvalue weighted by Crippen LogP contribution is -2.17. The summed E-state index contributed by atoms with van der Waals surface area (Å²) in [5, 5.41) is 7.35. The van der Waals surface area contributed by atoms with E-state index in [1.807, 2.05) is 39.1 Å². The van der Waals surface area contributed by atoms with Crippen LogP contribution < -0.4 is 10.9 Å². The molecule has 0 bridgehead atoms. The van der Waals surface area contributed by atoms with Gasteiger partial charge in [0.1, 0.15) is 11.4 Å². The highest BCUT2D eigenvalue weighted by Gasteiger charge is 2.15. The lowest BCUT2D eigenvalue weighted by atomic mass is 10.1. The molecule has 0 amide bonds. The summed E-state index contributed by atoms with van der Waals surface area (Å²) in [6, 6.07) is 13.4. The highest BCUT2D eigenvalue weighted by Crippen LogP contribution is 2.28. The summed E-state index contributed by atoms with van der Waals surface area (Å²) in [6.07, 6.45) is 3.50. The Balaban J connectivity index is 1.68. The van der Waals surface area contributed by atoms with Crippen molar-refractivity contribution in [3.8, 4) is 34.0 Å². The van der Waals surface area contributed by atoms with Gasteiger partial charge in [-0.2, -0.15) is 0 Å². The van der Waals surface area contributed by atoms with Gasteiger partial charge in [0.2, 0.25) is 0 Å². The van der Waals surface area contributed by atoms with E-state index in [2.05, 4.69) is 27.6 Å². The second kappa shape index (κ2) is 8.42. The number of rotatable bonds is 6. The summed E-state index contributed by atoms with van der Waals surface area (Å²) in [5.41, 5.74) is 5.75. The zero-order chi connectivity index (χ0) is 21.1. The summed E-state index contributed by atoms with van der Waals surface area (Å²) in [4.78, 5) is 21.1. The first-order chi connectivity index (χ1) is 14.6. The van der Waals surface area contributed by atoms with E-state index in [-0.39, 0.29) is 5.56 Å². The molecule has 152 valence electrons. The fourth-order valence-corrected chi connectivity index (χ4v) is 3.27. The molecule has 3 heterocycles. The molecule has 1 aromatic carbocycles. The first-order valence-electron chi connectivity index (χ1n) is 9.84. The third-order valence-corrected chi connectivity index (χ3v) is 4.95. The molecule has 0 aliphatic carbocycles. The van der Waals surface area contributed by atoms with Crippen LogP contribution in [0.5, 0.6) is 0 Å². The topological polar surface area (TPSA) is 85.8 Å². The zero-order valence-electron chi connectivity index (χ0n) is 17.2. The predicted molar refractivity (Wildman–Crippen MR) is 116 cm³/mol. The van der Waals surface area contributed by atoms with E-state index in [1.54, 1.807) is 29.1 Å². The molecular formula is C23H23N5O2. The minimum Gasteiger partial charge on any atom is -0.354 e. The van der Waals surface area contributed by atoms with Crippen LogP contribution in [0.2, 0.25) is 0 Å². The van der Waals surface area contributed by atoms with Crippen molar-refractivity contribution >= 4 is 0 Å². The Morgan fingerprint density at radius 2 is 1.83 bits per heavy atom. The number of nitrogens with zero attached hydrogens (tertiary/aromatic N) is 4. The number of benzene rings is 1. The zero-order valence-corrected chi connectivity index (χ0v) is 17.2. The smallest absolute Gasteiger partial charge is 0.250 e. The quantitative estimate of drug-likeness (QED) is 0.530. The first kappa shape index (κ1) is 19.7. The number of hydrogen-bond donors (Lipinski definition) is 1. The maximum atomic E-state index is 11.9. The van der Waals surface area contributed by atoms with E-state index in [0.29, 0.717) is 23.7 Å². The number of nitrogens with one attached hydrogen (secondary N) is 1. The number of aromatic nitrogens is 4. The summed E-state index contributed by atoms with van der Waals surface area (Å²) >= 11 is 0. The van der Waals surface area contributed by atoms with Crippen molar-refractivity contribution in [3.05, 3.63) is 76.5 Å². The average molecular weight is 401 g/mol. The summed E-state index contributed by atoms with van der Waals surface area (Å²) in [6.45, 7) is 5.22. The Kier molecular flexibility index (Phi) is 5.54. The van der Waals surface area contributed by atoms with Gasteiger partial charge in [0, 0.05) is 42.5 Å². The molecule has 0 unspecified atom stereocenters. The molecule has 1 N–H and O–H groups in total. The lowest BCUT2D eigenvalue weighted by molar-refractivity contribution is 0.433. The Bertz CT molecular complexity index is 1230. The molecule has 0 radical (unpaired) electrons. The van der Waals surface area contributed by atoms with E-state index >= 15 is 0 Å². The van der Waals surface area contributed by atoms with E-state index < -0.39 is 0 Å². The van der Waals surface area contributed by atoms with Gasteiger partial charge in [-0.05, 0) is 32.5 Å². The van der Waals surface area contributed by atoms with Crippen molar-refractivity contribution < 1.29 is 4.52 Å². The maximum absolute atomic E-state index is 11.9. The van der Waals surface area contributed by atoms with Gasteiger partial charge in [-0.3, -0.25) is 9.78 Å². The van der Waals surface area contributed by atoms with E-state index in [9.17, 15) is 4.79 Å². The number of aryl methyl sites for hydroxylation is 2. The number of hydrogen-bond acceptors (Lipinski definition) is 6. The Morgan fingerprint density at radius 3 is 2.57 bits per heavy atom. The SMILES string of the molecule is CCn1cc(-c2cnc(C)c(-c3cc(-c4ccc(CNC)cc4)no3)n2)ccc1=O. The molecule has 0 aliphatic rings. The average Bonchev–Trinajstić information content (AvgIpc) is 3.25. The molecule has 0 saturated carbocycles. The largest absolute Gasteiger partial charge is 0.354 e. The van der Waals surface area contributed by atoms with Crippen LogP contribution in [0, 0.1) is 6.92 Å². The molecule has 4 aromatic rings. The van der Waals surface area contributed by atoms with Gasteiger partial charge in [0.05, 0.1) is 17.6 Å². The monoisotopic (exact) mass is 401 g/mol. The maximum Gasteiger partial charge on any atom is 0.250 e. The lowest BCUT2D eigenvalue weighted by Gasteiger charge is -2.07. The van der Waals surface area contributed by atoms with E-state index in [0.717, 1.165) is 29.1 Å². The molecular weight excluding hydrogens is 378 g/mol. The molecule has 0 atom stereocenters. The second-order valence-electron chi connectivity index (χ2n) is 7.03. The Labute approximate surface area is 174 Å². The Morgan fingerprint density at radius 1 is 1.07 bits per heavy atom. The minimum absolute atomic E-state index is 0.0397. The molecule has 30 heavy (non-hydrogen) atoms. The summed E-state index contributed by atoms with van der Waals surface area (Å²) in [7, 11) is 1.92. The van der Waals surface area contributed by atoms with Crippen molar-refractivity contribution in [2.75, 3.05) is 7.05 Å². The highest BCUT2D eigenvalue weighted by atomic mass is 16.5. The van der Waals surface area contributed by atoms with Gasteiger partial charge in [-0.25, -0.2) is 4.98 Å². The van der Waals surface area contributed by atoms with Crippen LogP contribution in [0.25, 0.3) is 34.0 Å². The van der Waals surface area contributed by atoms with Gasteiger partial charge in [0.15, 0.2) is 5.76 Å². The van der Waals surface area contributed by atoms with Crippen molar-refractivity contribution in [3.63, 3.8) is 0 Å². The van der Waals surface area contributed by atoms with Crippen LogP contribution in [0.1, 0.15) is 18.2 Å². The molecule has 0 aliphatic heterocycles. The van der Waals surface area contributed by atoms with Crippen LogP contribution in [0.4, 0.5) is 0 Å². The fourth-order valence-electron chi connectivity index (χ4n) is 3.27. The molecule has 7 heteroatoms. The first-order valence-corrected chi connectivity index (χ1v) is 9.84. The van der Waals surface area contributed by atoms with E-state index in [4.69, 9.17) is 9.51 Å². The number of pyridine rings is 1. The van der Waals surface area contributed by atoms with Gasteiger partial charge >= 0.3 is 0 Å². The van der Waals surface area contributed by atoms with Crippen LogP contribution in [0.15, 0.2) is 64.2 Å². The van der Waals surface area contributed by atoms with Crippen molar-refractivity contribution in [1.29, 1.82) is 0 Å². The third-order valence-electron chi connectivity index (χ3n) is 4.95. The van der Waals surface area contributed by atoms with Crippen molar-refractivity contribution in [2.24, 2.45) is 0 Å². The minimum atomic E-state index is -0.0397. The van der Waals surface area contributed by atoms with Crippen LogP contribution in [-0.4, -0.2) is 26.7 Å². The molecule has 4 rings (SSSR count). The van der Waals surface area contributed by atoms with Crippen LogP contribution >= 0.6 is 0 Å². The third kappa shape index (κ3) is 3.92. The van der Waals surface area contributed by atoms with Crippen LogP contribution in [-0.2, 0) is 13.1 Å². The molecule has 0 spiro atoms. The van der Waals surface area contributed by atoms with Gasteiger partial charge in [-0.15, -0.1) is 0 Å². The van der Waals surface area contributed by atoms with Gasteiger partial charge < -0.3 is 14.4 Å². The normalized spacial score (nSPS) is 11.0. The van der Waals surface area contributed by atoms with Gasteiger partial charge in [-0.1, -0.05) is 29.4 Å². The molecule has 7 nitrogen and oxygen atoms in total. The Hall–Kier alpha value is -3.58. The summed E-state index contributed by atoms with van der Waals surface area (Å²) < 4.78 is 7.24. The predicted octanol–water partition coefficient (Wildman–Crippen LogP) is 3.68. The second-order valence-corrected chi connectivity index (χ2v) is 7.03. The highest BCUT2D eigenvalue weighted by molar-refractivity contribution is 5.68. The van der Waals surface area contributed by atoms with Crippen molar-refractivity contribution in [1.82, 2.24) is 25.0 Å². The molecule has 3 aromatic heterocycles. The molecule has 0 fully saturated rings. The standard InChI is InChI=1S/C23H23N5O2/c1-4-28-14-18(9-10-22(28)29)20-13-25-15(2)23(26-20)21-11-19(27-30-21)17-7-5-16(6-8-17)12-24-3/h5-11,13-14,24H,4,12H2,1-3H3. The van der Waals surface area contributed by atoms with Gasteiger partial charge in [0.25, 0.3) is 5.56 Å². The summed E-state index contributed by atoms with van der Waals surface area (Å²) in [5.74, 6) is 0.556. The van der Waals surface area contributed by atoms with E-state index in [1.165, 1.54) is 5.56 Å². The van der Waals surface area contributed by atoms with Crippen molar-refractivity contribution in [2.45, 2.75) is 26.9 Å². The fraction of sp³-hybridized carbons (Fsp3) is 0.217.